The average molecular weight is 431 g/mol. The molecule has 1 fully saturated rings. The van der Waals surface area contributed by atoms with Gasteiger partial charge in [0.2, 0.25) is 0 Å². The van der Waals surface area contributed by atoms with Crippen molar-refractivity contribution in [3.8, 4) is 5.75 Å². The van der Waals surface area contributed by atoms with Crippen molar-refractivity contribution < 1.29 is 14.3 Å². The van der Waals surface area contributed by atoms with Gasteiger partial charge in [0.25, 0.3) is 11.8 Å². The molecule has 1 aliphatic heterocycles. The zero-order valence-corrected chi connectivity index (χ0v) is 18.2. The molecule has 2 amide bonds. The first-order valence-electron chi connectivity index (χ1n) is 10.2. The van der Waals surface area contributed by atoms with Gasteiger partial charge in [-0.05, 0) is 66.2 Å². The lowest BCUT2D eigenvalue weighted by atomic mass is 9.99. The van der Waals surface area contributed by atoms with Crippen LogP contribution in [0.15, 0.2) is 66.2 Å². The lowest BCUT2D eigenvalue weighted by molar-refractivity contribution is -0.122. The maximum Gasteiger partial charge on any atom is 0.270 e. The predicted molar refractivity (Wildman–Crippen MR) is 127 cm³/mol. The number of nitrogens with one attached hydrogen (secondary N) is 1. The van der Waals surface area contributed by atoms with Crippen LogP contribution in [-0.4, -0.2) is 23.5 Å². The van der Waals surface area contributed by atoms with Gasteiger partial charge >= 0.3 is 0 Å². The number of aryl methyl sites for hydroxylation is 1. The Balaban J connectivity index is 1.83. The minimum atomic E-state index is -0.521. The Morgan fingerprint density at radius 1 is 1.00 bits per heavy atom. The molecular weight excluding hydrogens is 408 g/mol. The summed E-state index contributed by atoms with van der Waals surface area (Å²) in [5, 5.41) is 4.60. The van der Waals surface area contributed by atoms with Crippen molar-refractivity contribution in [2.75, 3.05) is 11.5 Å². The zero-order valence-electron chi connectivity index (χ0n) is 17.3. The average Bonchev–Trinajstić information content (AvgIpc) is 2.78. The number of ether oxygens (including phenoxy) is 1. The molecule has 0 aromatic heterocycles. The highest BCUT2D eigenvalue weighted by molar-refractivity contribution is 7.80. The maximum absolute atomic E-state index is 13.4. The van der Waals surface area contributed by atoms with Gasteiger partial charge in [-0.15, -0.1) is 0 Å². The van der Waals surface area contributed by atoms with Gasteiger partial charge in [-0.2, -0.15) is 0 Å². The number of anilines is 1. The number of benzene rings is 3. The SMILES string of the molecule is CCOc1ccc2ccccc2c1/C=C1\C(=O)NC(=S)N(c2ccc(CC)cc2)C1=O. The number of rotatable bonds is 5. The monoisotopic (exact) mass is 430 g/mol. The van der Waals surface area contributed by atoms with Crippen LogP contribution in [-0.2, 0) is 16.0 Å². The third kappa shape index (κ3) is 3.94. The fourth-order valence-corrected chi connectivity index (χ4v) is 3.90. The van der Waals surface area contributed by atoms with Crippen molar-refractivity contribution in [3.05, 3.63) is 77.4 Å². The van der Waals surface area contributed by atoms with Crippen molar-refractivity contribution in [2.24, 2.45) is 0 Å². The van der Waals surface area contributed by atoms with Crippen LogP contribution in [0.4, 0.5) is 5.69 Å². The standard InChI is InChI=1S/C25H22N2O3S/c1-3-16-9-12-18(13-10-16)27-24(29)21(23(28)26-25(27)31)15-20-19-8-6-5-7-17(19)11-14-22(20)30-4-2/h5-15H,3-4H2,1-2H3,(H,26,28,31)/b21-15+. The smallest absolute Gasteiger partial charge is 0.270 e. The van der Waals surface area contributed by atoms with Crippen LogP contribution in [0.1, 0.15) is 25.0 Å². The van der Waals surface area contributed by atoms with Crippen molar-refractivity contribution in [3.63, 3.8) is 0 Å². The van der Waals surface area contributed by atoms with E-state index < -0.39 is 11.8 Å². The lowest BCUT2D eigenvalue weighted by Gasteiger charge is -2.29. The summed E-state index contributed by atoms with van der Waals surface area (Å²) in [5.41, 5.74) is 2.45. The number of hydrogen-bond donors (Lipinski definition) is 1. The van der Waals surface area contributed by atoms with Gasteiger partial charge in [-0.25, -0.2) is 0 Å². The Hall–Kier alpha value is -3.51. The van der Waals surface area contributed by atoms with Gasteiger partial charge in [0.05, 0.1) is 12.3 Å². The largest absolute Gasteiger partial charge is 0.493 e. The maximum atomic E-state index is 13.4. The van der Waals surface area contributed by atoms with Crippen LogP contribution < -0.4 is 15.0 Å². The molecule has 1 aliphatic rings. The highest BCUT2D eigenvalue weighted by Crippen LogP contribution is 2.32. The number of thiocarbonyl (C=S) groups is 1. The van der Waals surface area contributed by atoms with Gasteiger partial charge < -0.3 is 4.74 Å². The van der Waals surface area contributed by atoms with Crippen molar-refractivity contribution in [2.45, 2.75) is 20.3 Å². The molecule has 5 nitrogen and oxygen atoms in total. The second-order valence-corrected chi connectivity index (χ2v) is 7.50. The summed E-state index contributed by atoms with van der Waals surface area (Å²) in [6.45, 7) is 4.42. The molecule has 0 atom stereocenters. The molecule has 0 radical (unpaired) electrons. The lowest BCUT2D eigenvalue weighted by Crippen LogP contribution is -2.54. The van der Waals surface area contributed by atoms with Crippen molar-refractivity contribution in [1.82, 2.24) is 5.32 Å². The molecule has 0 bridgehead atoms. The van der Waals surface area contributed by atoms with E-state index in [0.29, 0.717) is 23.6 Å². The summed E-state index contributed by atoms with van der Waals surface area (Å²) in [7, 11) is 0. The molecule has 1 saturated heterocycles. The van der Waals surface area contributed by atoms with E-state index in [2.05, 4.69) is 12.2 Å². The number of hydrogen-bond acceptors (Lipinski definition) is 4. The molecule has 0 unspecified atom stereocenters. The van der Waals surface area contributed by atoms with E-state index in [4.69, 9.17) is 17.0 Å². The first-order valence-corrected chi connectivity index (χ1v) is 10.6. The molecule has 156 valence electrons. The highest BCUT2D eigenvalue weighted by atomic mass is 32.1. The third-order valence-corrected chi connectivity index (χ3v) is 5.51. The van der Waals surface area contributed by atoms with E-state index in [0.717, 1.165) is 22.8 Å². The minimum Gasteiger partial charge on any atom is -0.493 e. The molecular formula is C25H22N2O3S. The Labute approximate surface area is 186 Å². The quantitative estimate of drug-likeness (QED) is 0.364. The summed E-state index contributed by atoms with van der Waals surface area (Å²) in [5.74, 6) is -0.374. The molecule has 31 heavy (non-hydrogen) atoms. The summed E-state index contributed by atoms with van der Waals surface area (Å²) >= 11 is 5.31. The van der Waals surface area contributed by atoms with Crippen molar-refractivity contribution >= 4 is 51.7 Å². The van der Waals surface area contributed by atoms with Crippen molar-refractivity contribution in [1.29, 1.82) is 0 Å². The Bertz CT molecular complexity index is 1220. The van der Waals surface area contributed by atoms with E-state index in [1.54, 1.807) is 6.08 Å². The molecule has 1 heterocycles. The summed E-state index contributed by atoms with van der Waals surface area (Å²) in [6.07, 6.45) is 2.49. The highest BCUT2D eigenvalue weighted by Gasteiger charge is 2.34. The Morgan fingerprint density at radius 3 is 2.45 bits per heavy atom. The van der Waals surface area contributed by atoms with E-state index in [-0.39, 0.29) is 10.7 Å². The van der Waals surface area contributed by atoms with Gasteiger partial charge in [-0.1, -0.05) is 49.4 Å². The predicted octanol–water partition coefficient (Wildman–Crippen LogP) is 4.63. The topological polar surface area (TPSA) is 58.6 Å². The normalized spacial score (nSPS) is 15.5. The van der Waals surface area contributed by atoms with Crippen LogP contribution in [0.2, 0.25) is 0 Å². The van der Waals surface area contributed by atoms with Crippen LogP contribution in [0.5, 0.6) is 5.75 Å². The Morgan fingerprint density at radius 2 is 1.74 bits per heavy atom. The van der Waals surface area contributed by atoms with E-state index in [1.807, 2.05) is 67.6 Å². The van der Waals surface area contributed by atoms with E-state index >= 15 is 0 Å². The summed E-state index contributed by atoms with van der Waals surface area (Å²) in [4.78, 5) is 27.5. The van der Waals surface area contributed by atoms with Gasteiger partial charge in [0.1, 0.15) is 11.3 Å². The Kier molecular flexibility index (Phi) is 5.82. The van der Waals surface area contributed by atoms with Gasteiger partial charge in [0, 0.05) is 5.56 Å². The van der Waals surface area contributed by atoms with Crippen LogP contribution in [0.3, 0.4) is 0 Å². The van der Waals surface area contributed by atoms with Crippen LogP contribution in [0.25, 0.3) is 16.8 Å². The van der Waals surface area contributed by atoms with Gasteiger partial charge in [0.15, 0.2) is 5.11 Å². The summed E-state index contributed by atoms with van der Waals surface area (Å²) in [6, 6.07) is 19.2. The molecule has 6 heteroatoms. The fourth-order valence-electron chi connectivity index (χ4n) is 3.62. The number of carbonyl (C=O) groups excluding carboxylic acids is 2. The molecule has 3 aromatic rings. The number of amides is 2. The van der Waals surface area contributed by atoms with Crippen LogP contribution >= 0.6 is 12.2 Å². The van der Waals surface area contributed by atoms with E-state index in [1.165, 1.54) is 4.90 Å². The zero-order chi connectivity index (χ0) is 22.0. The number of carbonyl (C=O) groups is 2. The summed E-state index contributed by atoms with van der Waals surface area (Å²) < 4.78 is 5.79. The van der Waals surface area contributed by atoms with Crippen LogP contribution in [0, 0.1) is 0 Å². The third-order valence-electron chi connectivity index (χ3n) is 5.22. The molecule has 0 aliphatic carbocycles. The molecule has 3 aromatic carbocycles. The first kappa shape index (κ1) is 20.8. The second kappa shape index (κ2) is 8.70. The number of nitrogens with zero attached hydrogens (tertiary/aromatic N) is 1. The second-order valence-electron chi connectivity index (χ2n) is 7.11. The molecule has 0 spiro atoms. The van der Waals surface area contributed by atoms with E-state index in [9.17, 15) is 9.59 Å². The molecule has 1 N–H and O–H groups in total. The molecule has 4 rings (SSSR count). The molecule has 0 saturated carbocycles. The number of fused-ring (bicyclic) bond motifs is 1. The first-order chi connectivity index (χ1) is 15.0. The minimum absolute atomic E-state index is 0.00507. The fraction of sp³-hybridized carbons (Fsp3) is 0.160. The van der Waals surface area contributed by atoms with Gasteiger partial charge in [-0.3, -0.25) is 19.8 Å².